The van der Waals surface area contributed by atoms with Gasteiger partial charge in [-0.25, -0.2) is 9.80 Å². The monoisotopic (exact) mass is 265 g/mol. The molecule has 2 amide bonds. The molecule has 0 spiro atoms. The normalized spacial score (nSPS) is 18.1. The van der Waals surface area contributed by atoms with Crippen LogP contribution in [-0.4, -0.2) is 44.1 Å². The number of carbonyl (C=O) groups is 1. The van der Waals surface area contributed by atoms with Gasteiger partial charge in [0.25, 0.3) is 0 Å². The Morgan fingerprint density at radius 3 is 2.79 bits per heavy atom. The van der Waals surface area contributed by atoms with Crippen molar-refractivity contribution >= 4 is 11.7 Å². The zero-order chi connectivity index (χ0) is 13.1. The third kappa shape index (κ3) is 2.88. The second kappa shape index (κ2) is 5.33. The molecule has 3 rings (SSSR count). The fraction of sp³-hybridized carbons (Fsp3) is 0.417. The number of amides is 2. The average molecular weight is 265 g/mol. The van der Waals surface area contributed by atoms with Crippen LogP contribution in [0.25, 0.3) is 0 Å². The number of carbonyl (C=O) groups excluding carboxylic acids is 1. The van der Waals surface area contributed by atoms with Gasteiger partial charge in [0.1, 0.15) is 0 Å². The minimum Gasteiger partial charge on any atom is -0.454 e. The van der Waals surface area contributed by atoms with Gasteiger partial charge in [-0.15, -0.1) is 0 Å². The number of hydrogen-bond donors (Lipinski definition) is 2. The Labute approximate surface area is 110 Å². The predicted molar refractivity (Wildman–Crippen MR) is 67.1 cm³/mol. The number of nitrogens with zero attached hydrogens (tertiary/aromatic N) is 1. The molecule has 0 radical (unpaired) electrons. The maximum atomic E-state index is 11.8. The summed E-state index contributed by atoms with van der Waals surface area (Å²) in [5.41, 5.74) is 3.43. The third-order valence-corrected chi connectivity index (χ3v) is 2.90. The quantitative estimate of drug-likeness (QED) is 0.827. The van der Waals surface area contributed by atoms with Gasteiger partial charge in [-0.1, -0.05) is 0 Å². The molecule has 2 N–H and O–H groups in total. The first kappa shape index (κ1) is 12.1. The van der Waals surface area contributed by atoms with Crippen LogP contribution >= 0.6 is 0 Å². The first-order valence-electron chi connectivity index (χ1n) is 6.11. The molecule has 0 aromatic heterocycles. The zero-order valence-corrected chi connectivity index (χ0v) is 10.3. The van der Waals surface area contributed by atoms with E-state index in [4.69, 9.17) is 14.2 Å². The molecule has 0 bridgehead atoms. The topological polar surface area (TPSA) is 72.1 Å². The summed E-state index contributed by atoms with van der Waals surface area (Å²) in [5.74, 6) is 1.34. The minimum atomic E-state index is -0.277. The van der Waals surface area contributed by atoms with E-state index in [1.54, 1.807) is 18.2 Å². The van der Waals surface area contributed by atoms with Gasteiger partial charge in [-0.3, -0.25) is 5.43 Å². The lowest BCUT2D eigenvalue weighted by atomic mass is 10.3. The van der Waals surface area contributed by atoms with Gasteiger partial charge in [0.15, 0.2) is 11.5 Å². The molecule has 2 aliphatic rings. The van der Waals surface area contributed by atoms with Crippen molar-refractivity contribution in [2.75, 3.05) is 38.4 Å². The molecule has 1 fully saturated rings. The summed E-state index contributed by atoms with van der Waals surface area (Å²) in [4.78, 5) is 11.8. The summed E-state index contributed by atoms with van der Waals surface area (Å²) < 4.78 is 15.7. The number of fused-ring (bicyclic) bond motifs is 1. The average Bonchev–Trinajstić information content (AvgIpc) is 2.87. The molecule has 2 aliphatic heterocycles. The van der Waals surface area contributed by atoms with E-state index in [0.29, 0.717) is 43.5 Å². The van der Waals surface area contributed by atoms with Crippen molar-refractivity contribution in [2.45, 2.75) is 0 Å². The highest BCUT2D eigenvalue weighted by Crippen LogP contribution is 2.34. The molecule has 2 heterocycles. The zero-order valence-electron chi connectivity index (χ0n) is 10.3. The van der Waals surface area contributed by atoms with Crippen LogP contribution < -0.4 is 20.2 Å². The van der Waals surface area contributed by atoms with Gasteiger partial charge >= 0.3 is 6.03 Å². The summed E-state index contributed by atoms with van der Waals surface area (Å²) in [6, 6.07) is 5.00. The maximum Gasteiger partial charge on any atom is 0.333 e. The van der Waals surface area contributed by atoms with Crippen LogP contribution in [-0.2, 0) is 4.74 Å². The number of nitrogens with one attached hydrogen (secondary N) is 2. The number of urea groups is 1. The van der Waals surface area contributed by atoms with Crippen LogP contribution in [0.3, 0.4) is 0 Å². The van der Waals surface area contributed by atoms with Crippen molar-refractivity contribution < 1.29 is 19.0 Å². The van der Waals surface area contributed by atoms with Crippen molar-refractivity contribution in [3.05, 3.63) is 18.2 Å². The lowest BCUT2D eigenvalue weighted by molar-refractivity contribution is 0.0207. The Bertz CT molecular complexity index is 474. The number of hydrogen-bond acceptors (Lipinski definition) is 5. The van der Waals surface area contributed by atoms with Gasteiger partial charge in [0.2, 0.25) is 6.79 Å². The third-order valence-electron chi connectivity index (χ3n) is 2.90. The van der Waals surface area contributed by atoms with Gasteiger partial charge in [0.05, 0.1) is 13.2 Å². The lowest BCUT2D eigenvalue weighted by Crippen LogP contribution is -2.49. The van der Waals surface area contributed by atoms with Gasteiger partial charge in [-0.05, 0) is 12.1 Å². The molecule has 19 heavy (non-hydrogen) atoms. The largest absolute Gasteiger partial charge is 0.454 e. The molecule has 0 atom stereocenters. The maximum absolute atomic E-state index is 11.8. The fourth-order valence-electron chi connectivity index (χ4n) is 1.95. The summed E-state index contributed by atoms with van der Waals surface area (Å²) in [6.07, 6.45) is 0. The van der Waals surface area contributed by atoms with Crippen molar-refractivity contribution in [3.8, 4) is 11.5 Å². The van der Waals surface area contributed by atoms with E-state index in [9.17, 15) is 4.79 Å². The van der Waals surface area contributed by atoms with E-state index in [2.05, 4.69) is 10.7 Å². The number of anilines is 1. The Balaban J connectivity index is 1.56. The van der Waals surface area contributed by atoms with Crippen molar-refractivity contribution in [1.82, 2.24) is 10.4 Å². The number of benzene rings is 1. The number of rotatable bonds is 2. The van der Waals surface area contributed by atoms with Gasteiger partial charge in [-0.2, -0.15) is 0 Å². The van der Waals surface area contributed by atoms with Crippen LogP contribution in [0.15, 0.2) is 18.2 Å². The van der Waals surface area contributed by atoms with Crippen molar-refractivity contribution in [1.29, 1.82) is 0 Å². The molecule has 102 valence electrons. The Morgan fingerprint density at radius 1 is 1.16 bits per heavy atom. The number of ether oxygens (including phenoxy) is 3. The predicted octanol–water partition coefficient (Wildman–Crippen LogP) is 0.784. The molecular formula is C12H15N3O4. The Kier molecular flexibility index (Phi) is 3.39. The second-order valence-electron chi connectivity index (χ2n) is 4.23. The van der Waals surface area contributed by atoms with Crippen LogP contribution in [0.1, 0.15) is 0 Å². The molecule has 7 heteroatoms. The van der Waals surface area contributed by atoms with Crippen molar-refractivity contribution in [3.63, 3.8) is 0 Å². The lowest BCUT2D eigenvalue weighted by Gasteiger charge is -2.26. The number of morpholine rings is 1. The summed E-state index contributed by atoms with van der Waals surface area (Å²) in [7, 11) is 0. The first-order chi connectivity index (χ1) is 9.31. The van der Waals surface area contributed by atoms with Crippen LogP contribution in [0.4, 0.5) is 10.5 Å². The SMILES string of the molecule is O=C(Nc1ccc2c(c1)OCO2)NN1CCOCC1. The highest BCUT2D eigenvalue weighted by Gasteiger charge is 2.16. The second-order valence-corrected chi connectivity index (χ2v) is 4.23. The van der Waals surface area contributed by atoms with Gasteiger partial charge in [0, 0.05) is 24.8 Å². The smallest absolute Gasteiger partial charge is 0.333 e. The molecular weight excluding hydrogens is 250 g/mol. The van der Waals surface area contributed by atoms with E-state index in [-0.39, 0.29) is 12.8 Å². The van der Waals surface area contributed by atoms with Crippen LogP contribution in [0.2, 0.25) is 0 Å². The summed E-state index contributed by atoms with van der Waals surface area (Å²) >= 11 is 0. The highest BCUT2D eigenvalue weighted by atomic mass is 16.7. The van der Waals surface area contributed by atoms with E-state index in [0.717, 1.165) is 0 Å². The molecule has 7 nitrogen and oxygen atoms in total. The molecule has 0 unspecified atom stereocenters. The van der Waals surface area contributed by atoms with Gasteiger partial charge < -0.3 is 19.5 Å². The summed E-state index contributed by atoms with van der Waals surface area (Å²) in [5, 5.41) is 4.58. The fourth-order valence-corrected chi connectivity index (χ4v) is 1.95. The van der Waals surface area contributed by atoms with E-state index in [1.807, 2.05) is 5.01 Å². The van der Waals surface area contributed by atoms with Crippen molar-refractivity contribution in [2.24, 2.45) is 0 Å². The van der Waals surface area contributed by atoms with E-state index in [1.165, 1.54) is 0 Å². The first-order valence-corrected chi connectivity index (χ1v) is 6.11. The van der Waals surface area contributed by atoms with E-state index >= 15 is 0 Å². The Morgan fingerprint density at radius 2 is 1.95 bits per heavy atom. The molecule has 0 aliphatic carbocycles. The summed E-state index contributed by atoms with van der Waals surface area (Å²) in [6.45, 7) is 2.86. The minimum absolute atomic E-state index is 0.221. The molecule has 0 saturated carbocycles. The molecule has 1 aromatic carbocycles. The molecule has 1 saturated heterocycles. The van der Waals surface area contributed by atoms with E-state index < -0.39 is 0 Å². The van der Waals surface area contributed by atoms with Crippen LogP contribution in [0, 0.1) is 0 Å². The van der Waals surface area contributed by atoms with Crippen LogP contribution in [0.5, 0.6) is 11.5 Å². The number of hydrazine groups is 1. The Hall–Kier alpha value is -1.99. The highest BCUT2D eigenvalue weighted by molar-refractivity contribution is 5.89. The molecule has 1 aromatic rings. The standard InChI is InChI=1S/C12H15N3O4/c16-12(14-15-3-5-17-6-4-15)13-9-1-2-10-11(7-9)19-8-18-10/h1-2,7H,3-6,8H2,(H2,13,14,16).